The molecule has 0 bridgehead atoms. The Morgan fingerprint density at radius 2 is 2.10 bits per heavy atom. The molecule has 0 heterocycles. The van der Waals surface area contributed by atoms with Crippen molar-refractivity contribution >= 4 is 33.6 Å². The van der Waals surface area contributed by atoms with Crippen LogP contribution in [0.2, 0.25) is 0 Å². The number of nitrogens with one attached hydrogen (secondary N) is 2. The molecule has 0 fully saturated rings. The molecule has 5 nitrogen and oxygen atoms in total. The summed E-state index contributed by atoms with van der Waals surface area (Å²) in [5, 5.41) is 13.9. The van der Waals surface area contributed by atoms with Crippen LogP contribution >= 0.6 is 15.9 Å². The van der Waals surface area contributed by atoms with E-state index in [1.54, 1.807) is 6.92 Å². The number of carbonyl (C=O) groups is 2. The summed E-state index contributed by atoms with van der Waals surface area (Å²) in [5.41, 5.74) is 0.232. The Kier molecular flexibility index (Phi) is 5.94. The number of anilines is 1. The van der Waals surface area contributed by atoms with Crippen molar-refractivity contribution < 1.29 is 19.1 Å². The Morgan fingerprint density at radius 3 is 2.65 bits per heavy atom. The highest BCUT2D eigenvalue weighted by Gasteiger charge is 2.25. The summed E-state index contributed by atoms with van der Waals surface area (Å²) in [5.74, 6) is -1.82. The second-order valence-electron chi connectivity index (χ2n) is 4.42. The van der Waals surface area contributed by atoms with Crippen LogP contribution < -0.4 is 10.6 Å². The Hall–Kier alpha value is -1.63. The third-order valence-electron chi connectivity index (χ3n) is 2.94. The number of amides is 2. The van der Waals surface area contributed by atoms with Gasteiger partial charge in [-0.15, -0.1) is 0 Å². The topological polar surface area (TPSA) is 78.4 Å². The first-order valence-electron chi connectivity index (χ1n) is 6.10. The molecule has 2 atom stereocenters. The number of halogens is 2. The van der Waals surface area contributed by atoms with Crippen molar-refractivity contribution in [2.24, 2.45) is 5.92 Å². The molecule has 110 valence electrons. The van der Waals surface area contributed by atoms with Gasteiger partial charge in [0.1, 0.15) is 11.9 Å². The highest BCUT2D eigenvalue weighted by atomic mass is 79.9. The van der Waals surface area contributed by atoms with E-state index in [1.165, 1.54) is 12.1 Å². The van der Waals surface area contributed by atoms with Crippen LogP contribution in [0.25, 0.3) is 0 Å². The first-order chi connectivity index (χ1) is 9.35. The number of hydrogen-bond acceptors (Lipinski definition) is 2. The molecule has 0 aromatic heterocycles. The van der Waals surface area contributed by atoms with Crippen LogP contribution in [0.5, 0.6) is 0 Å². The summed E-state index contributed by atoms with van der Waals surface area (Å²) in [7, 11) is 0. The minimum absolute atomic E-state index is 0.214. The van der Waals surface area contributed by atoms with E-state index in [1.807, 2.05) is 6.92 Å². The molecule has 2 amide bonds. The van der Waals surface area contributed by atoms with Gasteiger partial charge in [0, 0.05) is 4.47 Å². The monoisotopic (exact) mass is 346 g/mol. The third kappa shape index (κ3) is 4.48. The molecule has 0 saturated heterocycles. The quantitative estimate of drug-likeness (QED) is 0.765. The van der Waals surface area contributed by atoms with Crippen LogP contribution in [0.15, 0.2) is 22.7 Å². The van der Waals surface area contributed by atoms with E-state index in [4.69, 9.17) is 5.11 Å². The van der Waals surface area contributed by atoms with Crippen LogP contribution in [0.4, 0.5) is 14.9 Å². The zero-order valence-electron chi connectivity index (χ0n) is 11.1. The Labute approximate surface area is 124 Å². The van der Waals surface area contributed by atoms with Gasteiger partial charge >= 0.3 is 12.0 Å². The lowest BCUT2D eigenvalue weighted by atomic mass is 9.99. The summed E-state index contributed by atoms with van der Waals surface area (Å²) >= 11 is 3.17. The fourth-order valence-electron chi connectivity index (χ4n) is 1.58. The van der Waals surface area contributed by atoms with E-state index in [9.17, 15) is 14.0 Å². The van der Waals surface area contributed by atoms with E-state index in [0.29, 0.717) is 10.9 Å². The molecule has 0 aliphatic carbocycles. The van der Waals surface area contributed by atoms with E-state index < -0.39 is 23.9 Å². The van der Waals surface area contributed by atoms with Crippen molar-refractivity contribution in [3.05, 3.63) is 28.5 Å². The van der Waals surface area contributed by atoms with E-state index in [-0.39, 0.29) is 11.6 Å². The Balaban J connectivity index is 2.75. The number of aliphatic carboxylic acids is 1. The molecule has 1 aromatic rings. The second-order valence-corrected chi connectivity index (χ2v) is 5.28. The lowest BCUT2D eigenvalue weighted by Gasteiger charge is -2.20. The number of carboxylic acids is 1. The van der Waals surface area contributed by atoms with Gasteiger partial charge < -0.3 is 15.7 Å². The fraction of sp³-hybridized carbons (Fsp3) is 0.385. The van der Waals surface area contributed by atoms with Crippen molar-refractivity contribution in [3.8, 4) is 0 Å². The Bertz CT molecular complexity index is 510. The summed E-state index contributed by atoms with van der Waals surface area (Å²) in [6.07, 6.45) is 0.612. The lowest BCUT2D eigenvalue weighted by molar-refractivity contribution is -0.140. The van der Waals surface area contributed by atoms with Crippen molar-refractivity contribution in [1.29, 1.82) is 0 Å². The second kappa shape index (κ2) is 7.23. The molecular weight excluding hydrogens is 331 g/mol. The summed E-state index contributed by atoms with van der Waals surface area (Å²) < 4.78 is 13.6. The van der Waals surface area contributed by atoms with Crippen LogP contribution in [0.1, 0.15) is 20.3 Å². The van der Waals surface area contributed by atoms with Gasteiger partial charge in [-0.3, -0.25) is 0 Å². The molecule has 0 saturated carbocycles. The van der Waals surface area contributed by atoms with Crippen LogP contribution in [0.3, 0.4) is 0 Å². The van der Waals surface area contributed by atoms with Crippen molar-refractivity contribution in [2.75, 3.05) is 5.32 Å². The smallest absolute Gasteiger partial charge is 0.326 e. The van der Waals surface area contributed by atoms with Crippen LogP contribution in [-0.2, 0) is 4.79 Å². The number of benzene rings is 1. The molecule has 7 heteroatoms. The molecule has 0 radical (unpaired) electrons. The number of rotatable bonds is 5. The minimum atomic E-state index is -1.10. The molecule has 1 aromatic carbocycles. The number of carboxylic acid groups (broad SMARTS) is 1. The average Bonchev–Trinajstić information content (AvgIpc) is 2.39. The zero-order valence-corrected chi connectivity index (χ0v) is 12.7. The molecule has 0 aliphatic rings. The lowest BCUT2D eigenvalue weighted by Crippen LogP contribution is -2.46. The first-order valence-corrected chi connectivity index (χ1v) is 6.89. The predicted molar refractivity (Wildman–Crippen MR) is 77.1 cm³/mol. The van der Waals surface area contributed by atoms with Crippen LogP contribution in [-0.4, -0.2) is 23.1 Å². The highest BCUT2D eigenvalue weighted by Crippen LogP contribution is 2.23. The minimum Gasteiger partial charge on any atom is -0.480 e. The van der Waals surface area contributed by atoms with Gasteiger partial charge in [-0.25, -0.2) is 14.0 Å². The van der Waals surface area contributed by atoms with Gasteiger partial charge in [-0.1, -0.05) is 20.3 Å². The van der Waals surface area contributed by atoms with Crippen LogP contribution in [0, 0.1) is 11.7 Å². The van der Waals surface area contributed by atoms with E-state index in [0.717, 1.165) is 6.07 Å². The molecule has 20 heavy (non-hydrogen) atoms. The number of carbonyl (C=O) groups excluding carboxylic acids is 1. The zero-order chi connectivity index (χ0) is 15.3. The maximum Gasteiger partial charge on any atom is 0.326 e. The van der Waals surface area contributed by atoms with E-state index in [2.05, 4.69) is 26.6 Å². The van der Waals surface area contributed by atoms with Gasteiger partial charge in [-0.05, 0) is 40.0 Å². The summed E-state index contributed by atoms with van der Waals surface area (Å²) in [6.45, 7) is 3.57. The average molecular weight is 347 g/mol. The molecule has 1 unspecified atom stereocenters. The Morgan fingerprint density at radius 1 is 1.45 bits per heavy atom. The SMILES string of the molecule is CCC(C)[C@H](NC(=O)Nc1cc(F)ccc1Br)C(=O)O. The first kappa shape index (κ1) is 16.4. The predicted octanol–water partition coefficient (Wildman–Crippen LogP) is 3.21. The van der Waals surface area contributed by atoms with Gasteiger partial charge in [0.05, 0.1) is 5.69 Å². The number of urea groups is 1. The molecule has 1 rings (SSSR count). The summed E-state index contributed by atoms with van der Waals surface area (Å²) in [4.78, 5) is 22.9. The van der Waals surface area contributed by atoms with Crippen molar-refractivity contribution in [2.45, 2.75) is 26.3 Å². The van der Waals surface area contributed by atoms with Gasteiger partial charge in [-0.2, -0.15) is 0 Å². The van der Waals surface area contributed by atoms with Crippen molar-refractivity contribution in [1.82, 2.24) is 5.32 Å². The third-order valence-corrected chi connectivity index (χ3v) is 3.63. The standard InChI is InChI=1S/C13H16BrFN2O3/c1-3-7(2)11(12(18)19)17-13(20)16-10-6-8(15)4-5-9(10)14/h4-7,11H,3H2,1-2H3,(H,18,19)(H2,16,17,20)/t7?,11-/m0/s1. The molecular formula is C13H16BrFN2O3. The molecule has 0 aliphatic heterocycles. The fourth-order valence-corrected chi connectivity index (χ4v) is 1.92. The maximum atomic E-state index is 13.1. The molecule has 3 N–H and O–H groups in total. The summed E-state index contributed by atoms with van der Waals surface area (Å²) in [6, 6.07) is 2.15. The highest BCUT2D eigenvalue weighted by molar-refractivity contribution is 9.10. The van der Waals surface area contributed by atoms with Gasteiger partial charge in [0.15, 0.2) is 0 Å². The van der Waals surface area contributed by atoms with Gasteiger partial charge in [0.2, 0.25) is 0 Å². The van der Waals surface area contributed by atoms with Crippen molar-refractivity contribution in [3.63, 3.8) is 0 Å². The number of hydrogen-bond donors (Lipinski definition) is 3. The maximum absolute atomic E-state index is 13.1. The van der Waals surface area contributed by atoms with E-state index >= 15 is 0 Å². The van der Waals surface area contributed by atoms with Gasteiger partial charge in [0.25, 0.3) is 0 Å². The normalized spacial score (nSPS) is 13.4. The largest absolute Gasteiger partial charge is 0.480 e. The molecule has 0 spiro atoms.